The summed E-state index contributed by atoms with van der Waals surface area (Å²) in [6.45, 7) is 1.52. The maximum atomic E-state index is 12.1. The molecule has 0 spiro atoms. The van der Waals surface area contributed by atoms with Crippen LogP contribution in [0.1, 0.15) is 12.6 Å². The van der Waals surface area contributed by atoms with Crippen LogP contribution in [-0.4, -0.2) is 27.1 Å². The van der Waals surface area contributed by atoms with Crippen LogP contribution in [0.5, 0.6) is 0 Å². The first-order chi connectivity index (χ1) is 13.2. The Balaban J connectivity index is 1.50. The van der Waals surface area contributed by atoms with Gasteiger partial charge in [0, 0.05) is 12.3 Å². The number of imidazole rings is 1. The van der Waals surface area contributed by atoms with E-state index in [1.54, 1.807) is 11.1 Å². The number of benzene rings is 2. The Labute approximate surface area is 159 Å². The number of aromatic amines is 1. The molecule has 2 aromatic carbocycles. The number of amides is 1. The molecular formula is C19H16N6OS. The second kappa shape index (κ2) is 7.38. The highest BCUT2D eigenvalue weighted by molar-refractivity contribution is 7.14. The zero-order valence-corrected chi connectivity index (χ0v) is 15.3. The molecule has 7 nitrogen and oxygen atoms in total. The summed E-state index contributed by atoms with van der Waals surface area (Å²) in [6.07, 6.45) is 1.59. The summed E-state index contributed by atoms with van der Waals surface area (Å²) in [5, 5.41) is 6.61. The highest BCUT2D eigenvalue weighted by Gasteiger charge is 2.17. The summed E-state index contributed by atoms with van der Waals surface area (Å²) in [6, 6.07) is 17.2. The standard InChI is InChI=1S/C19H16N6OS/c1-13(26)25(15-7-3-2-4-8-15)19-21-14(12-27-19)11-20-24-18-22-16-9-5-6-10-17(16)23-18/h2-12H,1H3,(H2,22,23,24)/b20-11-. The van der Waals surface area contributed by atoms with Gasteiger partial charge in [-0.1, -0.05) is 30.3 Å². The van der Waals surface area contributed by atoms with Crippen LogP contribution in [0.2, 0.25) is 0 Å². The van der Waals surface area contributed by atoms with Gasteiger partial charge in [-0.15, -0.1) is 11.3 Å². The Bertz CT molecular complexity index is 1070. The van der Waals surface area contributed by atoms with Crippen molar-refractivity contribution < 1.29 is 4.79 Å². The van der Waals surface area contributed by atoms with Gasteiger partial charge in [0.2, 0.25) is 11.9 Å². The summed E-state index contributed by atoms with van der Waals surface area (Å²) in [7, 11) is 0. The van der Waals surface area contributed by atoms with Gasteiger partial charge in [0.25, 0.3) is 0 Å². The molecule has 2 aromatic heterocycles. The minimum Gasteiger partial charge on any atom is -0.323 e. The molecule has 4 aromatic rings. The van der Waals surface area contributed by atoms with Crippen molar-refractivity contribution in [3.05, 3.63) is 65.7 Å². The summed E-state index contributed by atoms with van der Waals surface area (Å²) >= 11 is 1.38. The minimum absolute atomic E-state index is 0.0977. The lowest BCUT2D eigenvalue weighted by Crippen LogP contribution is -2.22. The highest BCUT2D eigenvalue weighted by Crippen LogP contribution is 2.28. The summed E-state index contributed by atoms with van der Waals surface area (Å²) < 4.78 is 0. The number of fused-ring (bicyclic) bond motifs is 1. The Kier molecular flexibility index (Phi) is 4.63. The third-order valence-electron chi connectivity index (χ3n) is 3.79. The van der Waals surface area contributed by atoms with Gasteiger partial charge in [0.05, 0.1) is 28.6 Å². The normalized spacial score (nSPS) is 11.1. The largest absolute Gasteiger partial charge is 0.323 e. The fourth-order valence-electron chi connectivity index (χ4n) is 2.61. The van der Waals surface area contributed by atoms with Crippen molar-refractivity contribution in [2.45, 2.75) is 6.92 Å². The average molecular weight is 376 g/mol. The van der Waals surface area contributed by atoms with Gasteiger partial charge in [-0.2, -0.15) is 5.10 Å². The van der Waals surface area contributed by atoms with E-state index in [4.69, 9.17) is 0 Å². The lowest BCUT2D eigenvalue weighted by molar-refractivity contribution is -0.115. The lowest BCUT2D eigenvalue weighted by Gasteiger charge is -2.17. The van der Waals surface area contributed by atoms with Gasteiger partial charge < -0.3 is 4.98 Å². The van der Waals surface area contributed by atoms with Crippen molar-refractivity contribution in [2.75, 3.05) is 10.3 Å². The monoisotopic (exact) mass is 376 g/mol. The number of nitrogens with one attached hydrogen (secondary N) is 2. The molecule has 2 heterocycles. The Morgan fingerprint density at radius 1 is 1.15 bits per heavy atom. The number of thiazole rings is 1. The van der Waals surface area contributed by atoms with Gasteiger partial charge in [0.15, 0.2) is 5.13 Å². The van der Waals surface area contributed by atoms with Crippen LogP contribution >= 0.6 is 11.3 Å². The predicted octanol–water partition coefficient (Wildman–Crippen LogP) is 4.15. The van der Waals surface area contributed by atoms with Gasteiger partial charge in [0.1, 0.15) is 0 Å². The van der Waals surface area contributed by atoms with Crippen LogP contribution in [0.3, 0.4) is 0 Å². The first kappa shape index (κ1) is 16.9. The van der Waals surface area contributed by atoms with E-state index in [2.05, 4.69) is 25.5 Å². The molecule has 134 valence electrons. The minimum atomic E-state index is -0.0977. The number of hydrazone groups is 1. The number of aromatic nitrogens is 3. The number of hydrogen-bond donors (Lipinski definition) is 2. The summed E-state index contributed by atoms with van der Waals surface area (Å²) in [4.78, 5) is 25.7. The van der Waals surface area contributed by atoms with E-state index in [0.717, 1.165) is 16.7 Å². The number of rotatable bonds is 5. The molecule has 0 bridgehead atoms. The van der Waals surface area contributed by atoms with E-state index in [-0.39, 0.29) is 5.91 Å². The van der Waals surface area contributed by atoms with Crippen molar-refractivity contribution in [3.63, 3.8) is 0 Å². The zero-order chi connectivity index (χ0) is 18.6. The molecular weight excluding hydrogens is 360 g/mol. The molecule has 8 heteroatoms. The number of para-hydroxylation sites is 3. The third kappa shape index (κ3) is 3.70. The molecule has 0 saturated heterocycles. The first-order valence-corrected chi connectivity index (χ1v) is 9.14. The van der Waals surface area contributed by atoms with Crippen LogP contribution in [0.4, 0.5) is 16.8 Å². The Morgan fingerprint density at radius 2 is 1.93 bits per heavy atom. The quantitative estimate of drug-likeness (QED) is 0.405. The highest BCUT2D eigenvalue weighted by atomic mass is 32.1. The molecule has 1 amide bonds. The van der Waals surface area contributed by atoms with Gasteiger partial charge in [-0.25, -0.2) is 15.4 Å². The summed E-state index contributed by atoms with van der Waals surface area (Å²) in [5.41, 5.74) is 6.10. The van der Waals surface area contributed by atoms with Crippen molar-refractivity contribution in [1.82, 2.24) is 15.0 Å². The van der Waals surface area contributed by atoms with Crippen LogP contribution in [0.15, 0.2) is 65.1 Å². The fraction of sp³-hybridized carbons (Fsp3) is 0.0526. The van der Waals surface area contributed by atoms with Crippen molar-refractivity contribution in [3.8, 4) is 0 Å². The molecule has 0 aliphatic heterocycles. The number of hydrogen-bond acceptors (Lipinski definition) is 6. The second-order valence-corrected chi connectivity index (χ2v) is 6.55. The van der Waals surface area contributed by atoms with E-state index in [1.807, 2.05) is 60.0 Å². The fourth-order valence-corrected chi connectivity index (χ4v) is 3.44. The number of carbonyl (C=O) groups is 1. The van der Waals surface area contributed by atoms with E-state index in [0.29, 0.717) is 16.8 Å². The Hall–Kier alpha value is -3.52. The van der Waals surface area contributed by atoms with Crippen LogP contribution < -0.4 is 10.3 Å². The topological polar surface area (TPSA) is 86.3 Å². The molecule has 0 radical (unpaired) electrons. The number of nitrogens with zero attached hydrogens (tertiary/aromatic N) is 4. The van der Waals surface area contributed by atoms with Crippen molar-refractivity contribution >= 4 is 51.3 Å². The van der Waals surface area contributed by atoms with E-state index >= 15 is 0 Å². The van der Waals surface area contributed by atoms with Gasteiger partial charge in [-0.05, 0) is 24.3 Å². The maximum Gasteiger partial charge on any atom is 0.230 e. The average Bonchev–Trinajstić information content (AvgIpc) is 3.29. The molecule has 0 unspecified atom stereocenters. The summed E-state index contributed by atoms with van der Waals surface area (Å²) in [5.74, 6) is 0.456. The number of H-pyrrole nitrogens is 1. The first-order valence-electron chi connectivity index (χ1n) is 8.26. The van der Waals surface area contributed by atoms with E-state index in [9.17, 15) is 4.79 Å². The Morgan fingerprint density at radius 3 is 2.70 bits per heavy atom. The third-order valence-corrected chi connectivity index (χ3v) is 4.63. The van der Waals surface area contributed by atoms with Crippen LogP contribution in [0.25, 0.3) is 11.0 Å². The van der Waals surface area contributed by atoms with Crippen LogP contribution in [0, 0.1) is 0 Å². The predicted molar refractivity (Wildman–Crippen MR) is 109 cm³/mol. The maximum absolute atomic E-state index is 12.1. The smallest absolute Gasteiger partial charge is 0.230 e. The molecule has 2 N–H and O–H groups in total. The molecule has 0 fully saturated rings. The number of anilines is 3. The zero-order valence-electron chi connectivity index (χ0n) is 14.5. The second-order valence-electron chi connectivity index (χ2n) is 5.72. The van der Waals surface area contributed by atoms with E-state index in [1.165, 1.54) is 18.3 Å². The van der Waals surface area contributed by atoms with E-state index < -0.39 is 0 Å². The molecule has 0 aliphatic carbocycles. The molecule has 27 heavy (non-hydrogen) atoms. The molecule has 0 aliphatic rings. The molecule has 0 atom stereocenters. The molecule has 4 rings (SSSR count). The lowest BCUT2D eigenvalue weighted by atomic mass is 10.3. The SMILES string of the molecule is CC(=O)N(c1ccccc1)c1nc(/C=N\Nc2nc3ccccc3[nH]2)cs1. The number of carbonyl (C=O) groups excluding carboxylic acids is 1. The van der Waals surface area contributed by atoms with Crippen molar-refractivity contribution in [1.29, 1.82) is 0 Å². The van der Waals surface area contributed by atoms with Gasteiger partial charge in [-0.3, -0.25) is 9.69 Å². The van der Waals surface area contributed by atoms with Crippen LogP contribution in [-0.2, 0) is 4.79 Å². The van der Waals surface area contributed by atoms with Gasteiger partial charge >= 0.3 is 0 Å². The molecule has 0 saturated carbocycles. The van der Waals surface area contributed by atoms with Crippen molar-refractivity contribution in [2.24, 2.45) is 5.10 Å².